The van der Waals surface area contributed by atoms with E-state index in [4.69, 9.17) is 0 Å². The SMILES string of the molecule is CNC(C)CNc1cccc(C)c1[N+](=O)[O-]. The normalized spacial score (nSPS) is 12.2. The van der Waals surface area contributed by atoms with E-state index in [2.05, 4.69) is 10.6 Å². The molecule has 0 saturated heterocycles. The number of aryl methyl sites for hydroxylation is 1. The predicted molar refractivity (Wildman–Crippen MR) is 64.8 cm³/mol. The molecule has 5 heteroatoms. The number of para-hydroxylation sites is 1. The Balaban J connectivity index is 2.87. The van der Waals surface area contributed by atoms with E-state index in [1.165, 1.54) is 0 Å². The summed E-state index contributed by atoms with van der Waals surface area (Å²) in [6, 6.07) is 5.55. The summed E-state index contributed by atoms with van der Waals surface area (Å²) in [4.78, 5) is 10.6. The van der Waals surface area contributed by atoms with E-state index in [1.807, 2.05) is 20.0 Å². The lowest BCUT2D eigenvalue weighted by Gasteiger charge is -2.13. The zero-order valence-corrected chi connectivity index (χ0v) is 9.78. The third-order valence-electron chi connectivity index (χ3n) is 2.51. The fourth-order valence-corrected chi connectivity index (χ4v) is 1.41. The van der Waals surface area contributed by atoms with Gasteiger partial charge in [-0.1, -0.05) is 12.1 Å². The van der Waals surface area contributed by atoms with Gasteiger partial charge in [0.1, 0.15) is 5.69 Å². The van der Waals surface area contributed by atoms with Crippen molar-refractivity contribution < 1.29 is 4.92 Å². The third kappa shape index (κ3) is 2.93. The summed E-state index contributed by atoms with van der Waals surface area (Å²) in [7, 11) is 1.86. The number of nitrogens with zero attached hydrogens (tertiary/aromatic N) is 1. The molecule has 1 unspecified atom stereocenters. The number of hydrogen-bond donors (Lipinski definition) is 2. The van der Waals surface area contributed by atoms with Crippen molar-refractivity contribution in [2.75, 3.05) is 18.9 Å². The molecule has 1 atom stereocenters. The van der Waals surface area contributed by atoms with Crippen LogP contribution in [0.3, 0.4) is 0 Å². The number of nitrogens with one attached hydrogen (secondary N) is 2. The molecule has 0 aliphatic heterocycles. The molecular formula is C11H17N3O2. The van der Waals surface area contributed by atoms with Gasteiger partial charge >= 0.3 is 0 Å². The highest BCUT2D eigenvalue weighted by molar-refractivity contribution is 5.65. The van der Waals surface area contributed by atoms with Crippen LogP contribution in [0.15, 0.2) is 18.2 Å². The molecule has 0 amide bonds. The van der Waals surface area contributed by atoms with Gasteiger partial charge in [-0.2, -0.15) is 0 Å². The lowest BCUT2D eigenvalue weighted by Crippen LogP contribution is -2.29. The Morgan fingerprint density at radius 3 is 2.75 bits per heavy atom. The van der Waals surface area contributed by atoms with Gasteiger partial charge in [0.25, 0.3) is 5.69 Å². The molecule has 88 valence electrons. The largest absolute Gasteiger partial charge is 0.378 e. The van der Waals surface area contributed by atoms with Crippen LogP contribution >= 0.6 is 0 Å². The predicted octanol–water partition coefficient (Wildman–Crippen LogP) is 1.92. The van der Waals surface area contributed by atoms with E-state index in [9.17, 15) is 10.1 Å². The van der Waals surface area contributed by atoms with Crippen LogP contribution in [0.5, 0.6) is 0 Å². The van der Waals surface area contributed by atoms with E-state index >= 15 is 0 Å². The van der Waals surface area contributed by atoms with Gasteiger partial charge in [0, 0.05) is 18.2 Å². The number of likely N-dealkylation sites (N-methyl/N-ethyl adjacent to an activating group) is 1. The molecule has 2 N–H and O–H groups in total. The van der Waals surface area contributed by atoms with Crippen molar-refractivity contribution in [2.24, 2.45) is 0 Å². The van der Waals surface area contributed by atoms with E-state index in [0.717, 1.165) is 0 Å². The van der Waals surface area contributed by atoms with Crippen LogP contribution in [-0.2, 0) is 0 Å². The second-order valence-corrected chi connectivity index (χ2v) is 3.80. The monoisotopic (exact) mass is 223 g/mol. The van der Waals surface area contributed by atoms with Crippen LogP contribution in [0.25, 0.3) is 0 Å². The molecule has 5 nitrogen and oxygen atoms in total. The van der Waals surface area contributed by atoms with Gasteiger partial charge in [-0.05, 0) is 27.0 Å². The highest BCUT2D eigenvalue weighted by atomic mass is 16.6. The van der Waals surface area contributed by atoms with Gasteiger partial charge in [0.2, 0.25) is 0 Å². The third-order valence-corrected chi connectivity index (χ3v) is 2.51. The second kappa shape index (κ2) is 5.46. The summed E-state index contributed by atoms with van der Waals surface area (Å²) >= 11 is 0. The first-order valence-corrected chi connectivity index (χ1v) is 5.21. The molecular weight excluding hydrogens is 206 g/mol. The van der Waals surface area contributed by atoms with Gasteiger partial charge in [-0.15, -0.1) is 0 Å². The molecule has 0 heterocycles. The first-order valence-electron chi connectivity index (χ1n) is 5.21. The summed E-state index contributed by atoms with van der Waals surface area (Å²) in [5, 5.41) is 17.1. The molecule has 0 fully saturated rings. The fraction of sp³-hybridized carbons (Fsp3) is 0.455. The van der Waals surface area contributed by atoms with Crippen molar-refractivity contribution >= 4 is 11.4 Å². The summed E-state index contributed by atoms with van der Waals surface area (Å²) in [6.45, 7) is 4.40. The van der Waals surface area contributed by atoms with E-state index < -0.39 is 0 Å². The molecule has 0 aromatic heterocycles. The second-order valence-electron chi connectivity index (χ2n) is 3.80. The van der Waals surface area contributed by atoms with E-state index in [1.54, 1.807) is 19.1 Å². The molecule has 16 heavy (non-hydrogen) atoms. The average molecular weight is 223 g/mol. The zero-order valence-electron chi connectivity index (χ0n) is 9.78. The Bertz CT molecular complexity index is 379. The Morgan fingerprint density at radius 1 is 1.50 bits per heavy atom. The quantitative estimate of drug-likeness (QED) is 0.591. The lowest BCUT2D eigenvalue weighted by atomic mass is 10.1. The number of anilines is 1. The van der Waals surface area contributed by atoms with Gasteiger partial charge in [0.05, 0.1) is 4.92 Å². The maximum atomic E-state index is 10.9. The van der Waals surface area contributed by atoms with E-state index in [-0.39, 0.29) is 16.7 Å². The highest BCUT2D eigenvalue weighted by Gasteiger charge is 2.16. The number of nitro groups is 1. The average Bonchev–Trinajstić information content (AvgIpc) is 2.25. The van der Waals surface area contributed by atoms with Gasteiger partial charge in [-0.3, -0.25) is 10.1 Å². The van der Waals surface area contributed by atoms with Crippen LogP contribution in [-0.4, -0.2) is 24.6 Å². The van der Waals surface area contributed by atoms with Gasteiger partial charge < -0.3 is 10.6 Å². The van der Waals surface area contributed by atoms with Crippen molar-refractivity contribution in [2.45, 2.75) is 19.9 Å². The fourth-order valence-electron chi connectivity index (χ4n) is 1.41. The van der Waals surface area contributed by atoms with Crippen molar-refractivity contribution in [1.82, 2.24) is 5.32 Å². The standard InChI is InChI=1S/C11H17N3O2/c1-8-5-4-6-10(11(8)14(15)16)13-7-9(2)12-3/h4-6,9,12-13H,7H2,1-3H3. The summed E-state index contributed by atoms with van der Waals surface area (Å²) in [5.74, 6) is 0. The molecule has 0 bridgehead atoms. The molecule has 1 aromatic rings. The topological polar surface area (TPSA) is 67.2 Å². The minimum Gasteiger partial charge on any atom is -0.378 e. The minimum absolute atomic E-state index is 0.158. The molecule has 0 aliphatic rings. The van der Waals surface area contributed by atoms with Crippen LogP contribution in [0.4, 0.5) is 11.4 Å². The van der Waals surface area contributed by atoms with Crippen LogP contribution < -0.4 is 10.6 Å². The summed E-state index contributed by atoms with van der Waals surface area (Å²) in [5.41, 5.74) is 1.41. The van der Waals surface area contributed by atoms with Crippen LogP contribution in [0, 0.1) is 17.0 Å². The number of nitro benzene ring substituents is 1. The zero-order chi connectivity index (χ0) is 12.1. The Labute approximate surface area is 95.0 Å². The highest BCUT2D eigenvalue weighted by Crippen LogP contribution is 2.27. The summed E-state index contributed by atoms with van der Waals surface area (Å²) in [6.07, 6.45) is 0. The van der Waals surface area contributed by atoms with Gasteiger partial charge in [-0.25, -0.2) is 0 Å². The first-order chi connectivity index (χ1) is 7.56. The smallest absolute Gasteiger partial charge is 0.295 e. The Hall–Kier alpha value is -1.62. The lowest BCUT2D eigenvalue weighted by molar-refractivity contribution is -0.384. The van der Waals surface area contributed by atoms with Crippen molar-refractivity contribution in [1.29, 1.82) is 0 Å². The molecule has 1 aromatic carbocycles. The minimum atomic E-state index is -0.346. The summed E-state index contributed by atoms with van der Waals surface area (Å²) < 4.78 is 0. The van der Waals surface area contributed by atoms with Crippen molar-refractivity contribution in [3.63, 3.8) is 0 Å². The van der Waals surface area contributed by atoms with Crippen molar-refractivity contribution in [3.8, 4) is 0 Å². The molecule has 0 aliphatic carbocycles. The number of benzene rings is 1. The number of hydrogen-bond acceptors (Lipinski definition) is 4. The molecule has 0 spiro atoms. The molecule has 1 rings (SSSR count). The first kappa shape index (κ1) is 12.4. The Morgan fingerprint density at radius 2 is 2.19 bits per heavy atom. The number of rotatable bonds is 5. The Kier molecular flexibility index (Phi) is 4.25. The van der Waals surface area contributed by atoms with Crippen LogP contribution in [0.2, 0.25) is 0 Å². The van der Waals surface area contributed by atoms with Crippen LogP contribution in [0.1, 0.15) is 12.5 Å². The molecule has 0 saturated carbocycles. The van der Waals surface area contributed by atoms with E-state index in [0.29, 0.717) is 17.8 Å². The maximum absolute atomic E-state index is 10.9. The van der Waals surface area contributed by atoms with Crippen molar-refractivity contribution in [3.05, 3.63) is 33.9 Å². The van der Waals surface area contributed by atoms with Gasteiger partial charge in [0.15, 0.2) is 0 Å². The molecule has 0 radical (unpaired) electrons. The maximum Gasteiger partial charge on any atom is 0.295 e.